The van der Waals surface area contributed by atoms with Crippen molar-refractivity contribution in [2.75, 3.05) is 0 Å². The van der Waals surface area contributed by atoms with Gasteiger partial charge in [0.2, 0.25) is 0 Å². The molecule has 0 spiro atoms. The predicted octanol–water partition coefficient (Wildman–Crippen LogP) is 2.39. The van der Waals surface area contributed by atoms with Crippen LogP contribution in [0.1, 0.15) is 27.2 Å². The minimum atomic E-state index is 0.969. The molecule has 0 saturated heterocycles. The normalized spacial score (nSPS) is 11.3. The second-order valence-corrected chi connectivity index (χ2v) is 1.90. The number of hydrogen-bond acceptors (Lipinski definition) is 1. The molecule has 0 amide bonds. The fraction of sp³-hybridized carbons (Fsp3) is 0.444. The summed E-state index contributed by atoms with van der Waals surface area (Å²) in [6, 6.07) is 0. The van der Waals surface area contributed by atoms with E-state index in [-0.39, 0.29) is 0 Å². The fourth-order valence-corrected chi connectivity index (χ4v) is 0.449. The average Bonchev–Trinajstić information content (AvgIpc) is 1.97. The van der Waals surface area contributed by atoms with Crippen LogP contribution < -0.4 is 0 Å². The van der Waals surface area contributed by atoms with Crippen LogP contribution in [0.25, 0.3) is 0 Å². The van der Waals surface area contributed by atoms with Crippen molar-refractivity contribution in [1.29, 1.82) is 0 Å². The van der Waals surface area contributed by atoms with E-state index in [0.717, 1.165) is 12.1 Å². The summed E-state index contributed by atoms with van der Waals surface area (Å²) < 4.78 is 0. The maximum atomic E-state index is 4.11. The van der Waals surface area contributed by atoms with Gasteiger partial charge in [0.1, 0.15) is 0 Å². The smallest absolute Gasteiger partial charge is 0.0451 e. The maximum Gasteiger partial charge on any atom is 0.0451 e. The number of allylic oxidation sites excluding steroid dienone is 2. The first kappa shape index (κ1) is 8.97. The monoisotopic (exact) mass is 135 g/mol. The minimum Gasteiger partial charge on any atom is -0.265 e. The fourth-order valence-electron chi connectivity index (χ4n) is 0.449. The maximum absolute atomic E-state index is 4.11. The van der Waals surface area contributed by atoms with Gasteiger partial charge in [-0.25, -0.2) is 0 Å². The van der Waals surface area contributed by atoms with E-state index in [1.54, 1.807) is 0 Å². The minimum absolute atomic E-state index is 0.969. The summed E-state index contributed by atoms with van der Waals surface area (Å²) in [5.74, 6) is 5.61. The van der Waals surface area contributed by atoms with E-state index in [2.05, 4.69) is 23.8 Å². The zero-order valence-electron chi connectivity index (χ0n) is 6.81. The van der Waals surface area contributed by atoms with Crippen molar-refractivity contribution in [3.05, 3.63) is 11.8 Å². The molecule has 1 heteroatoms. The second-order valence-electron chi connectivity index (χ2n) is 1.90. The van der Waals surface area contributed by atoms with Crippen molar-refractivity contribution in [1.82, 2.24) is 0 Å². The van der Waals surface area contributed by atoms with Gasteiger partial charge in [-0.3, -0.25) is 4.99 Å². The van der Waals surface area contributed by atoms with Crippen LogP contribution in [0.5, 0.6) is 0 Å². The van der Waals surface area contributed by atoms with Gasteiger partial charge >= 0.3 is 0 Å². The van der Waals surface area contributed by atoms with Crippen LogP contribution in [0.4, 0.5) is 0 Å². The molecule has 0 aliphatic rings. The summed E-state index contributed by atoms with van der Waals surface area (Å²) >= 11 is 0. The third-order valence-electron chi connectivity index (χ3n) is 0.903. The highest BCUT2D eigenvalue weighted by atomic mass is 14.7. The third-order valence-corrected chi connectivity index (χ3v) is 0.903. The first-order chi connectivity index (χ1) is 4.81. The van der Waals surface area contributed by atoms with Gasteiger partial charge in [0.05, 0.1) is 0 Å². The van der Waals surface area contributed by atoms with Gasteiger partial charge in [-0.15, -0.1) is 5.92 Å². The van der Waals surface area contributed by atoms with Crippen molar-refractivity contribution in [3.8, 4) is 11.8 Å². The van der Waals surface area contributed by atoms with Crippen LogP contribution >= 0.6 is 0 Å². The molecule has 0 heterocycles. The van der Waals surface area contributed by atoms with Crippen LogP contribution in [0.15, 0.2) is 16.8 Å². The summed E-state index contributed by atoms with van der Waals surface area (Å²) in [5, 5.41) is 0. The molecule has 0 aromatic heterocycles. The quantitative estimate of drug-likeness (QED) is 0.407. The molecule has 10 heavy (non-hydrogen) atoms. The highest BCUT2D eigenvalue weighted by molar-refractivity contribution is 5.58. The van der Waals surface area contributed by atoms with Gasteiger partial charge in [0.15, 0.2) is 0 Å². The van der Waals surface area contributed by atoms with E-state index >= 15 is 0 Å². The Labute approximate surface area is 62.9 Å². The zero-order valence-corrected chi connectivity index (χ0v) is 6.81. The van der Waals surface area contributed by atoms with Gasteiger partial charge in [-0.1, -0.05) is 12.8 Å². The number of nitrogens with zero attached hydrogens (tertiary/aromatic N) is 1. The van der Waals surface area contributed by atoms with Gasteiger partial charge in [-0.05, 0) is 20.3 Å². The molecule has 0 atom stereocenters. The molecule has 0 N–H and O–H groups in total. The van der Waals surface area contributed by atoms with E-state index in [0.29, 0.717) is 0 Å². The Morgan fingerprint density at radius 3 is 2.80 bits per heavy atom. The lowest BCUT2D eigenvalue weighted by Gasteiger charge is -1.84. The summed E-state index contributed by atoms with van der Waals surface area (Å²) in [6.45, 7) is 5.81. The van der Waals surface area contributed by atoms with Crippen molar-refractivity contribution in [3.63, 3.8) is 0 Å². The van der Waals surface area contributed by atoms with E-state index in [1.807, 2.05) is 26.1 Å². The molecule has 0 saturated carbocycles. The van der Waals surface area contributed by atoms with Gasteiger partial charge < -0.3 is 0 Å². The number of aliphatic imine (C=N–C) groups is 1. The molecule has 0 fully saturated rings. The lowest BCUT2D eigenvalue weighted by molar-refractivity contribution is 1.26. The van der Waals surface area contributed by atoms with Crippen LogP contribution in [0, 0.1) is 11.8 Å². The standard InChI is InChI=1S/C9H13N/c1-4-6-7-9(3)10-8-5-2/h7-8H,5H2,1-3H3. The number of hydrogen-bond donors (Lipinski definition) is 0. The van der Waals surface area contributed by atoms with Gasteiger partial charge in [0, 0.05) is 18.0 Å². The van der Waals surface area contributed by atoms with Crippen molar-refractivity contribution < 1.29 is 0 Å². The molecule has 0 aromatic carbocycles. The highest BCUT2D eigenvalue weighted by Gasteiger charge is 1.75. The Morgan fingerprint density at radius 1 is 1.60 bits per heavy atom. The molecule has 54 valence electrons. The topological polar surface area (TPSA) is 12.4 Å². The van der Waals surface area contributed by atoms with E-state index < -0.39 is 0 Å². The van der Waals surface area contributed by atoms with E-state index in [4.69, 9.17) is 0 Å². The molecule has 0 bridgehead atoms. The van der Waals surface area contributed by atoms with E-state index in [9.17, 15) is 0 Å². The van der Waals surface area contributed by atoms with Crippen molar-refractivity contribution in [2.24, 2.45) is 4.99 Å². The summed E-state index contributed by atoms with van der Waals surface area (Å²) in [7, 11) is 0. The second kappa shape index (κ2) is 6.10. The lowest BCUT2D eigenvalue weighted by atomic mass is 10.4. The van der Waals surface area contributed by atoms with Crippen molar-refractivity contribution >= 4 is 6.21 Å². The molecular weight excluding hydrogens is 122 g/mol. The van der Waals surface area contributed by atoms with Gasteiger partial charge in [0.25, 0.3) is 0 Å². The van der Waals surface area contributed by atoms with E-state index in [1.165, 1.54) is 0 Å². The van der Waals surface area contributed by atoms with Crippen LogP contribution in [0.3, 0.4) is 0 Å². The summed E-state index contributed by atoms with van der Waals surface area (Å²) in [4.78, 5) is 4.11. The first-order valence-electron chi connectivity index (χ1n) is 3.42. The SMILES string of the molecule is CC#CC=C(C)N=CCC. The molecule has 0 rings (SSSR count). The lowest BCUT2D eigenvalue weighted by Crippen LogP contribution is -1.70. The van der Waals surface area contributed by atoms with Crippen molar-refractivity contribution in [2.45, 2.75) is 27.2 Å². The van der Waals surface area contributed by atoms with Gasteiger partial charge in [-0.2, -0.15) is 0 Å². The zero-order chi connectivity index (χ0) is 7.82. The Bertz CT molecular complexity index is 189. The van der Waals surface area contributed by atoms with Crippen LogP contribution in [0.2, 0.25) is 0 Å². The Morgan fingerprint density at radius 2 is 2.30 bits per heavy atom. The predicted molar refractivity (Wildman–Crippen MR) is 46.0 cm³/mol. The van der Waals surface area contributed by atoms with Crippen LogP contribution in [-0.2, 0) is 0 Å². The summed E-state index contributed by atoms with van der Waals surface area (Å²) in [5.41, 5.74) is 0.969. The summed E-state index contributed by atoms with van der Waals surface area (Å²) in [6.07, 6.45) is 4.67. The Balaban J connectivity index is 3.90. The Kier molecular flexibility index (Phi) is 5.47. The molecular formula is C9H13N. The molecule has 0 unspecified atom stereocenters. The Hall–Kier alpha value is -1.03. The first-order valence-corrected chi connectivity index (χ1v) is 3.42. The molecule has 0 aliphatic carbocycles. The molecule has 1 nitrogen and oxygen atoms in total. The largest absolute Gasteiger partial charge is 0.265 e. The number of rotatable bonds is 2. The van der Waals surface area contributed by atoms with Crippen LogP contribution in [-0.4, -0.2) is 6.21 Å². The highest BCUT2D eigenvalue weighted by Crippen LogP contribution is 1.91. The third kappa shape index (κ3) is 5.11. The molecule has 0 aliphatic heterocycles. The molecule has 0 aromatic rings. The molecule has 0 radical (unpaired) electrons. The average molecular weight is 135 g/mol.